The van der Waals surface area contributed by atoms with Crippen LogP contribution in [0.5, 0.6) is 5.75 Å². The maximum atomic E-state index is 6.00. The molecule has 21 heavy (non-hydrogen) atoms. The molecule has 0 fully saturated rings. The molecule has 1 aromatic heterocycles. The third kappa shape index (κ3) is 2.95. The number of anilines is 2. The normalized spacial score (nSPS) is 13.0. The zero-order chi connectivity index (χ0) is 14.7. The Morgan fingerprint density at radius 2 is 2.19 bits per heavy atom. The van der Waals surface area contributed by atoms with Gasteiger partial charge in [0.2, 0.25) is 0 Å². The summed E-state index contributed by atoms with van der Waals surface area (Å²) in [6, 6.07) is 5.96. The molecule has 0 spiro atoms. The summed E-state index contributed by atoms with van der Waals surface area (Å²) in [5.41, 5.74) is 4.35. The van der Waals surface area contributed by atoms with E-state index < -0.39 is 0 Å². The molecule has 0 bridgehead atoms. The Labute approximate surface area is 129 Å². The molecule has 1 aliphatic rings. The molecule has 5 heteroatoms. The minimum Gasteiger partial charge on any atom is -0.494 e. The Bertz CT molecular complexity index is 645. The zero-order valence-electron chi connectivity index (χ0n) is 12.0. The Morgan fingerprint density at radius 1 is 1.29 bits per heavy atom. The molecular formula is C16H18ClN3O. The van der Waals surface area contributed by atoms with Crippen LogP contribution < -0.4 is 10.1 Å². The molecular weight excluding hydrogens is 286 g/mol. The van der Waals surface area contributed by atoms with Crippen LogP contribution in [0.2, 0.25) is 0 Å². The number of nitrogens with zero attached hydrogens (tertiary/aromatic N) is 2. The van der Waals surface area contributed by atoms with E-state index in [0.29, 0.717) is 12.5 Å². The molecule has 1 heterocycles. The van der Waals surface area contributed by atoms with Gasteiger partial charge in [0.25, 0.3) is 0 Å². The lowest BCUT2D eigenvalue weighted by Crippen LogP contribution is -2.02. The minimum atomic E-state index is 0.423. The molecule has 2 aromatic rings. The molecule has 1 N–H and O–H groups in total. The highest BCUT2D eigenvalue weighted by Gasteiger charge is 2.17. The van der Waals surface area contributed by atoms with Crippen molar-refractivity contribution < 1.29 is 4.74 Å². The van der Waals surface area contributed by atoms with Crippen molar-refractivity contribution in [1.29, 1.82) is 0 Å². The predicted octanol–water partition coefficient (Wildman–Crippen LogP) is 3.85. The smallest absolute Gasteiger partial charge is 0.137 e. The molecule has 0 aliphatic heterocycles. The van der Waals surface area contributed by atoms with Gasteiger partial charge in [-0.2, -0.15) is 0 Å². The molecule has 0 saturated carbocycles. The first-order valence-corrected chi connectivity index (χ1v) is 7.76. The fourth-order valence-corrected chi connectivity index (χ4v) is 2.87. The summed E-state index contributed by atoms with van der Waals surface area (Å²) in [6.07, 6.45) is 4.86. The van der Waals surface area contributed by atoms with Crippen molar-refractivity contribution >= 4 is 23.1 Å². The number of hydrogen-bond donors (Lipinski definition) is 1. The number of ether oxygens (including phenoxy) is 1. The summed E-state index contributed by atoms with van der Waals surface area (Å²) in [6.45, 7) is 2.60. The Balaban J connectivity index is 1.87. The first-order valence-electron chi connectivity index (χ1n) is 7.23. The SMILES string of the molecule is CCOc1ccc(Nc2ncnc3c2CCC3)cc1CCl. The third-order valence-electron chi connectivity index (χ3n) is 3.64. The topological polar surface area (TPSA) is 47.0 Å². The highest BCUT2D eigenvalue weighted by atomic mass is 35.5. The number of aromatic nitrogens is 2. The Kier molecular flexibility index (Phi) is 4.25. The van der Waals surface area contributed by atoms with Gasteiger partial charge in [0, 0.05) is 22.5 Å². The maximum Gasteiger partial charge on any atom is 0.137 e. The summed E-state index contributed by atoms with van der Waals surface area (Å²) in [7, 11) is 0. The van der Waals surface area contributed by atoms with E-state index in [4.69, 9.17) is 16.3 Å². The van der Waals surface area contributed by atoms with E-state index in [0.717, 1.165) is 47.8 Å². The summed E-state index contributed by atoms with van der Waals surface area (Å²) < 4.78 is 5.57. The number of benzene rings is 1. The van der Waals surface area contributed by atoms with Gasteiger partial charge in [-0.15, -0.1) is 11.6 Å². The second-order valence-corrected chi connectivity index (χ2v) is 5.28. The minimum absolute atomic E-state index is 0.423. The van der Waals surface area contributed by atoms with Gasteiger partial charge in [0.15, 0.2) is 0 Å². The molecule has 0 radical (unpaired) electrons. The van der Waals surface area contributed by atoms with E-state index in [1.807, 2.05) is 25.1 Å². The van der Waals surface area contributed by atoms with E-state index in [-0.39, 0.29) is 0 Å². The van der Waals surface area contributed by atoms with E-state index in [1.165, 1.54) is 5.56 Å². The third-order valence-corrected chi connectivity index (χ3v) is 3.93. The number of rotatable bonds is 5. The largest absolute Gasteiger partial charge is 0.494 e. The number of alkyl halides is 1. The average molecular weight is 304 g/mol. The summed E-state index contributed by atoms with van der Waals surface area (Å²) in [4.78, 5) is 8.71. The van der Waals surface area contributed by atoms with Crippen molar-refractivity contribution in [1.82, 2.24) is 9.97 Å². The number of fused-ring (bicyclic) bond motifs is 1. The lowest BCUT2D eigenvalue weighted by Gasteiger charge is -2.13. The predicted molar refractivity (Wildman–Crippen MR) is 84.5 cm³/mol. The second kappa shape index (κ2) is 6.31. The van der Waals surface area contributed by atoms with Crippen molar-refractivity contribution in [2.75, 3.05) is 11.9 Å². The first-order chi connectivity index (χ1) is 10.3. The number of halogens is 1. The quantitative estimate of drug-likeness (QED) is 0.852. The monoisotopic (exact) mass is 303 g/mol. The molecule has 4 nitrogen and oxygen atoms in total. The van der Waals surface area contributed by atoms with Crippen LogP contribution in [0.25, 0.3) is 0 Å². The van der Waals surface area contributed by atoms with E-state index >= 15 is 0 Å². The first kappa shape index (κ1) is 14.1. The van der Waals surface area contributed by atoms with Gasteiger partial charge in [0.1, 0.15) is 17.9 Å². The van der Waals surface area contributed by atoms with Crippen molar-refractivity contribution in [3.05, 3.63) is 41.3 Å². The molecule has 1 aromatic carbocycles. The summed E-state index contributed by atoms with van der Waals surface area (Å²) in [5.74, 6) is 2.17. The van der Waals surface area contributed by atoms with Crippen LogP contribution in [-0.4, -0.2) is 16.6 Å². The zero-order valence-corrected chi connectivity index (χ0v) is 12.8. The average Bonchev–Trinajstić information content (AvgIpc) is 2.98. The highest BCUT2D eigenvalue weighted by Crippen LogP contribution is 2.30. The van der Waals surface area contributed by atoms with Gasteiger partial charge in [-0.1, -0.05) is 0 Å². The van der Waals surface area contributed by atoms with Gasteiger partial charge < -0.3 is 10.1 Å². The summed E-state index contributed by atoms with van der Waals surface area (Å²) in [5, 5.41) is 3.38. The van der Waals surface area contributed by atoms with Gasteiger partial charge in [0.05, 0.1) is 12.5 Å². The van der Waals surface area contributed by atoms with E-state index in [1.54, 1.807) is 6.33 Å². The van der Waals surface area contributed by atoms with E-state index in [9.17, 15) is 0 Å². The Morgan fingerprint density at radius 3 is 3.00 bits per heavy atom. The number of aryl methyl sites for hydroxylation is 1. The lowest BCUT2D eigenvalue weighted by molar-refractivity contribution is 0.337. The van der Waals surface area contributed by atoms with Gasteiger partial charge in [-0.3, -0.25) is 0 Å². The van der Waals surface area contributed by atoms with Crippen molar-refractivity contribution in [2.24, 2.45) is 0 Å². The Hall–Kier alpha value is -1.81. The standard InChI is InChI=1S/C16H18ClN3O/c1-2-21-15-7-6-12(8-11(15)9-17)20-16-13-4-3-5-14(13)18-10-19-16/h6-8,10H,2-5,9H2,1H3,(H,18,19,20). The van der Waals surface area contributed by atoms with Crippen LogP contribution in [0.15, 0.2) is 24.5 Å². The fourth-order valence-electron chi connectivity index (χ4n) is 2.66. The van der Waals surface area contributed by atoms with Crippen LogP contribution >= 0.6 is 11.6 Å². The lowest BCUT2D eigenvalue weighted by atomic mass is 10.2. The number of hydrogen-bond acceptors (Lipinski definition) is 4. The van der Waals surface area contributed by atoms with Crippen LogP contribution in [0.3, 0.4) is 0 Å². The fraction of sp³-hybridized carbons (Fsp3) is 0.375. The van der Waals surface area contributed by atoms with Crippen molar-refractivity contribution in [3.8, 4) is 5.75 Å². The van der Waals surface area contributed by atoms with Gasteiger partial charge in [-0.25, -0.2) is 9.97 Å². The van der Waals surface area contributed by atoms with E-state index in [2.05, 4.69) is 15.3 Å². The molecule has 0 unspecified atom stereocenters. The molecule has 0 atom stereocenters. The molecule has 1 aliphatic carbocycles. The van der Waals surface area contributed by atoms with Crippen LogP contribution in [0.1, 0.15) is 30.2 Å². The highest BCUT2D eigenvalue weighted by molar-refractivity contribution is 6.17. The second-order valence-electron chi connectivity index (χ2n) is 5.02. The molecule has 110 valence electrons. The van der Waals surface area contributed by atoms with Crippen LogP contribution in [0.4, 0.5) is 11.5 Å². The summed E-state index contributed by atoms with van der Waals surface area (Å²) >= 11 is 6.00. The van der Waals surface area contributed by atoms with Gasteiger partial charge >= 0.3 is 0 Å². The van der Waals surface area contributed by atoms with Crippen molar-refractivity contribution in [3.63, 3.8) is 0 Å². The van der Waals surface area contributed by atoms with Crippen molar-refractivity contribution in [2.45, 2.75) is 32.1 Å². The number of nitrogens with one attached hydrogen (secondary N) is 1. The van der Waals surface area contributed by atoms with Gasteiger partial charge in [-0.05, 0) is 44.4 Å². The molecule has 3 rings (SSSR count). The molecule has 0 saturated heterocycles. The maximum absolute atomic E-state index is 6.00. The van der Waals surface area contributed by atoms with Crippen LogP contribution in [-0.2, 0) is 18.7 Å². The van der Waals surface area contributed by atoms with Crippen LogP contribution in [0, 0.1) is 0 Å². The molecule has 0 amide bonds.